The summed E-state index contributed by atoms with van der Waals surface area (Å²) in [5.41, 5.74) is 3.30. The van der Waals surface area contributed by atoms with Crippen molar-refractivity contribution in [3.8, 4) is 11.3 Å². The summed E-state index contributed by atoms with van der Waals surface area (Å²) in [6.45, 7) is 9.78. The number of hydrogen-bond donors (Lipinski definition) is 0. The number of amides is 1. The van der Waals surface area contributed by atoms with Crippen LogP contribution in [0.2, 0.25) is 0 Å². The lowest BCUT2D eigenvalue weighted by Gasteiger charge is -2.25. The third kappa shape index (κ3) is 8.46. The van der Waals surface area contributed by atoms with Gasteiger partial charge >= 0.3 is 0 Å². The molecule has 2 aromatic carbocycles. The maximum atomic E-state index is 14.7. The summed E-state index contributed by atoms with van der Waals surface area (Å²) < 4.78 is 51.7. The van der Waals surface area contributed by atoms with Gasteiger partial charge in [-0.2, -0.15) is 0 Å². The second-order valence-electron chi connectivity index (χ2n) is 8.72. The maximum Gasteiger partial charge on any atom is 0.294 e. The van der Waals surface area contributed by atoms with Crippen molar-refractivity contribution in [3.63, 3.8) is 0 Å². The lowest BCUT2D eigenvalue weighted by molar-refractivity contribution is -0.132. The standard InChI is InChI=1S/C21H20F3N4OP.C6H11NO2/c1-12-5-4-6-14(7-12)18-11-28(27-26-18)10-15-8-19(30)16(9-17(15)22)21(25-3)29-13(2)20(23)24;1-6(8)7-2-4-9-5-3-7/h4-9,11,20H,2,10,30H2,1,3H3;2-5H2,1H3. The first kappa shape index (κ1) is 30.0. The summed E-state index contributed by atoms with van der Waals surface area (Å²) in [6, 6.07) is 10.6. The highest BCUT2D eigenvalue weighted by atomic mass is 31.0. The second kappa shape index (κ2) is 14.0. The molecule has 1 amide bonds. The molecule has 0 bridgehead atoms. The van der Waals surface area contributed by atoms with Gasteiger partial charge in [-0.25, -0.2) is 17.9 Å². The number of hydrogen-bond acceptors (Lipinski definition) is 6. The molecule has 1 atom stereocenters. The molecule has 0 N–H and O–H groups in total. The summed E-state index contributed by atoms with van der Waals surface area (Å²) in [5.74, 6) is -1.29. The highest BCUT2D eigenvalue weighted by Gasteiger charge is 2.18. The Bertz CT molecular complexity index is 1340. The highest BCUT2D eigenvalue weighted by Crippen LogP contribution is 2.20. The molecule has 1 aliphatic rings. The molecule has 1 unspecified atom stereocenters. The van der Waals surface area contributed by atoms with Crippen molar-refractivity contribution >= 4 is 26.3 Å². The van der Waals surface area contributed by atoms with Gasteiger partial charge in [0.15, 0.2) is 5.76 Å². The Labute approximate surface area is 227 Å². The zero-order valence-electron chi connectivity index (χ0n) is 22.0. The van der Waals surface area contributed by atoms with Crippen LogP contribution in [0.1, 0.15) is 23.6 Å². The van der Waals surface area contributed by atoms with E-state index in [-0.39, 0.29) is 23.9 Å². The largest absolute Gasteiger partial charge is 0.438 e. The van der Waals surface area contributed by atoms with Crippen LogP contribution in [0.25, 0.3) is 11.3 Å². The number of aromatic nitrogens is 3. The fourth-order valence-electron chi connectivity index (χ4n) is 3.70. The molecule has 12 heteroatoms. The highest BCUT2D eigenvalue weighted by molar-refractivity contribution is 7.27. The van der Waals surface area contributed by atoms with E-state index in [1.54, 1.807) is 24.1 Å². The van der Waals surface area contributed by atoms with Gasteiger partial charge in [0, 0.05) is 43.8 Å². The average Bonchev–Trinajstić information content (AvgIpc) is 3.38. The van der Waals surface area contributed by atoms with Gasteiger partial charge in [0.1, 0.15) is 11.5 Å². The van der Waals surface area contributed by atoms with E-state index in [1.165, 1.54) is 17.8 Å². The van der Waals surface area contributed by atoms with Crippen LogP contribution in [-0.2, 0) is 20.8 Å². The minimum Gasteiger partial charge on any atom is -0.438 e. The predicted molar refractivity (Wildman–Crippen MR) is 147 cm³/mol. The normalized spacial score (nSPS) is 13.6. The number of morpholine rings is 1. The van der Waals surface area contributed by atoms with Gasteiger partial charge in [-0.1, -0.05) is 35.6 Å². The number of alkyl halides is 2. The van der Waals surface area contributed by atoms with Crippen molar-refractivity contribution in [1.82, 2.24) is 19.9 Å². The van der Waals surface area contributed by atoms with Crippen molar-refractivity contribution in [2.24, 2.45) is 4.99 Å². The Morgan fingerprint density at radius 2 is 1.97 bits per heavy atom. The van der Waals surface area contributed by atoms with Gasteiger partial charge in [0.2, 0.25) is 11.8 Å². The quantitative estimate of drug-likeness (QED) is 0.197. The number of rotatable bonds is 6. The SMILES string of the molecule is C=C(OC(=NC)c1cc(F)c(Cn2cc(-c3cccc(C)c3)nn2)cc1P)C(F)F.CC(=O)N1CCOCC1. The zero-order valence-corrected chi connectivity index (χ0v) is 23.2. The Morgan fingerprint density at radius 3 is 2.56 bits per heavy atom. The van der Waals surface area contributed by atoms with Crippen LogP contribution in [0.5, 0.6) is 0 Å². The summed E-state index contributed by atoms with van der Waals surface area (Å²) >= 11 is 0. The number of benzene rings is 2. The van der Waals surface area contributed by atoms with E-state index in [1.807, 2.05) is 31.2 Å². The average molecular weight is 562 g/mol. The van der Waals surface area contributed by atoms with Gasteiger partial charge in [-0.05, 0) is 30.4 Å². The van der Waals surface area contributed by atoms with E-state index in [0.29, 0.717) is 29.8 Å². The van der Waals surface area contributed by atoms with Crippen molar-refractivity contribution in [3.05, 3.63) is 77.4 Å². The lowest BCUT2D eigenvalue weighted by Crippen LogP contribution is -2.39. The molecule has 8 nitrogen and oxygen atoms in total. The molecule has 2 heterocycles. The van der Waals surface area contributed by atoms with Gasteiger partial charge in [0.25, 0.3) is 6.43 Å². The van der Waals surface area contributed by atoms with Crippen LogP contribution in [0.4, 0.5) is 13.2 Å². The minimum atomic E-state index is -2.87. The van der Waals surface area contributed by atoms with Gasteiger partial charge in [-0.15, -0.1) is 14.3 Å². The van der Waals surface area contributed by atoms with E-state index in [4.69, 9.17) is 9.47 Å². The first-order valence-electron chi connectivity index (χ1n) is 12.1. The van der Waals surface area contributed by atoms with Gasteiger partial charge in [-0.3, -0.25) is 9.79 Å². The molecule has 0 radical (unpaired) electrons. The van der Waals surface area contributed by atoms with Gasteiger partial charge in [0.05, 0.1) is 26.0 Å². The van der Waals surface area contributed by atoms with Crippen LogP contribution in [0.15, 0.2) is 59.9 Å². The maximum absolute atomic E-state index is 14.7. The number of halogens is 3. The van der Waals surface area contributed by atoms with Crippen LogP contribution in [-0.4, -0.2) is 71.5 Å². The molecule has 208 valence electrons. The smallest absolute Gasteiger partial charge is 0.294 e. The molecular formula is C27H31F3N5O3P. The van der Waals surface area contributed by atoms with Crippen molar-refractivity contribution in [1.29, 1.82) is 0 Å². The van der Waals surface area contributed by atoms with Crippen LogP contribution in [0, 0.1) is 12.7 Å². The third-order valence-corrected chi connectivity index (χ3v) is 6.24. The number of nitrogens with zero attached hydrogens (tertiary/aromatic N) is 5. The number of ether oxygens (including phenoxy) is 2. The molecule has 0 spiro atoms. The topological polar surface area (TPSA) is 81.8 Å². The Kier molecular flexibility index (Phi) is 10.8. The van der Waals surface area contributed by atoms with Crippen molar-refractivity contribution in [2.75, 3.05) is 33.4 Å². The van der Waals surface area contributed by atoms with Crippen LogP contribution < -0.4 is 5.30 Å². The zero-order chi connectivity index (χ0) is 28.5. The molecule has 1 saturated heterocycles. The first-order chi connectivity index (χ1) is 18.6. The Morgan fingerprint density at radius 1 is 1.26 bits per heavy atom. The number of allylic oxidation sites excluding steroid dienone is 1. The van der Waals surface area contributed by atoms with Crippen LogP contribution >= 0.6 is 9.24 Å². The van der Waals surface area contributed by atoms with E-state index in [9.17, 15) is 18.0 Å². The molecule has 0 aliphatic carbocycles. The molecule has 1 aromatic heterocycles. The van der Waals surface area contributed by atoms with E-state index in [2.05, 4.69) is 31.1 Å². The minimum absolute atomic E-state index is 0.141. The third-order valence-electron chi connectivity index (χ3n) is 5.76. The van der Waals surface area contributed by atoms with E-state index < -0.39 is 18.0 Å². The Balaban J connectivity index is 0.000000395. The second-order valence-corrected chi connectivity index (χ2v) is 9.34. The lowest BCUT2D eigenvalue weighted by atomic mass is 10.1. The molecule has 3 aromatic rings. The van der Waals surface area contributed by atoms with Crippen molar-refractivity contribution < 1.29 is 27.4 Å². The molecule has 39 heavy (non-hydrogen) atoms. The number of carbonyl (C=O) groups excluding carboxylic acids is 1. The molecule has 1 aliphatic heterocycles. The summed E-state index contributed by atoms with van der Waals surface area (Å²) in [5, 5.41) is 8.76. The number of carbonyl (C=O) groups is 1. The Hall–Kier alpha value is -3.56. The number of aliphatic imine (C=N–C) groups is 1. The summed E-state index contributed by atoms with van der Waals surface area (Å²) in [7, 11) is 3.80. The molecule has 0 saturated carbocycles. The van der Waals surface area contributed by atoms with Crippen molar-refractivity contribution in [2.45, 2.75) is 26.8 Å². The molecule has 1 fully saturated rings. The summed E-state index contributed by atoms with van der Waals surface area (Å²) in [4.78, 5) is 16.3. The first-order valence-corrected chi connectivity index (χ1v) is 12.7. The monoisotopic (exact) mass is 561 g/mol. The summed E-state index contributed by atoms with van der Waals surface area (Å²) in [6.07, 6.45) is -1.13. The van der Waals surface area contributed by atoms with E-state index >= 15 is 0 Å². The van der Waals surface area contributed by atoms with Crippen LogP contribution in [0.3, 0.4) is 0 Å². The number of aryl methyl sites for hydroxylation is 1. The molecular weight excluding hydrogens is 530 g/mol. The predicted octanol–water partition coefficient (Wildman–Crippen LogP) is 3.98. The van der Waals surface area contributed by atoms with Gasteiger partial charge < -0.3 is 14.4 Å². The fraction of sp³-hybridized carbons (Fsp3) is 0.333. The van der Waals surface area contributed by atoms with E-state index in [0.717, 1.165) is 24.2 Å². The fourth-order valence-corrected chi connectivity index (χ4v) is 4.11. The molecule has 4 rings (SSSR count).